The van der Waals surface area contributed by atoms with Gasteiger partial charge in [0.15, 0.2) is 0 Å². The molecule has 1 saturated heterocycles. The summed E-state index contributed by atoms with van der Waals surface area (Å²) in [4.78, 5) is 43.1. The average molecular weight is 384 g/mol. The van der Waals surface area contributed by atoms with Crippen LogP contribution in [0.1, 0.15) is 33.6 Å². The normalized spacial score (nSPS) is 31.4. The SMILES string of the molecule is COc1ccc(N2CCN(C(=O)[C@]34CC[C@@](C)(C(=O)C3=O)C4(C)C)CC2)cc1. The van der Waals surface area contributed by atoms with E-state index in [4.69, 9.17) is 4.74 Å². The zero-order chi connectivity index (χ0) is 20.3. The summed E-state index contributed by atoms with van der Waals surface area (Å²) in [5, 5.41) is 0. The smallest absolute Gasteiger partial charge is 0.237 e. The van der Waals surface area contributed by atoms with E-state index in [9.17, 15) is 14.4 Å². The van der Waals surface area contributed by atoms with Gasteiger partial charge >= 0.3 is 0 Å². The topological polar surface area (TPSA) is 66.9 Å². The minimum Gasteiger partial charge on any atom is -0.497 e. The molecule has 1 heterocycles. The van der Waals surface area contributed by atoms with Crippen molar-refractivity contribution in [2.75, 3.05) is 38.2 Å². The zero-order valence-electron chi connectivity index (χ0n) is 17.1. The molecule has 150 valence electrons. The molecule has 1 aromatic carbocycles. The monoisotopic (exact) mass is 384 g/mol. The van der Waals surface area contributed by atoms with Crippen molar-refractivity contribution in [3.05, 3.63) is 24.3 Å². The highest BCUT2D eigenvalue weighted by molar-refractivity contribution is 6.48. The Kier molecular flexibility index (Phi) is 4.11. The molecule has 0 spiro atoms. The van der Waals surface area contributed by atoms with Gasteiger partial charge in [-0.3, -0.25) is 14.4 Å². The molecule has 6 heteroatoms. The Balaban J connectivity index is 1.51. The van der Waals surface area contributed by atoms with Gasteiger partial charge in [0, 0.05) is 37.3 Å². The van der Waals surface area contributed by atoms with E-state index in [0.717, 1.165) is 11.4 Å². The maximum atomic E-state index is 13.5. The number of anilines is 1. The number of rotatable bonds is 3. The summed E-state index contributed by atoms with van der Waals surface area (Å²) in [7, 11) is 1.64. The Hall–Kier alpha value is -2.37. The molecule has 3 aliphatic rings. The standard InChI is InChI=1S/C22H28N2O4/c1-20(2)21(3)9-10-22(20,18(26)17(21)25)19(27)24-13-11-23(12-14-24)15-5-7-16(28-4)8-6-15/h5-8H,9-14H2,1-4H3/t21-,22-/m0/s1. The van der Waals surface area contributed by atoms with Crippen LogP contribution in [0.5, 0.6) is 5.75 Å². The summed E-state index contributed by atoms with van der Waals surface area (Å²) in [5.41, 5.74) is -1.45. The molecule has 0 radical (unpaired) electrons. The van der Waals surface area contributed by atoms with Gasteiger partial charge in [0.05, 0.1) is 7.11 Å². The number of carbonyl (C=O) groups excluding carboxylic acids is 3. The quantitative estimate of drug-likeness (QED) is 0.591. The lowest BCUT2D eigenvalue weighted by atomic mass is 9.64. The largest absolute Gasteiger partial charge is 0.497 e. The van der Waals surface area contributed by atoms with Gasteiger partial charge in [-0.05, 0) is 42.5 Å². The van der Waals surface area contributed by atoms with Crippen molar-refractivity contribution in [3.8, 4) is 5.75 Å². The summed E-state index contributed by atoms with van der Waals surface area (Å²) in [5.74, 6) is -0.151. The molecule has 2 bridgehead atoms. The number of piperazine rings is 1. The Bertz CT molecular complexity index is 839. The van der Waals surface area contributed by atoms with Crippen molar-refractivity contribution >= 4 is 23.2 Å². The first-order valence-corrected chi connectivity index (χ1v) is 9.97. The number of ketones is 2. The van der Waals surface area contributed by atoms with Gasteiger partial charge in [-0.2, -0.15) is 0 Å². The fraction of sp³-hybridized carbons (Fsp3) is 0.591. The highest BCUT2D eigenvalue weighted by atomic mass is 16.5. The molecular weight excluding hydrogens is 356 g/mol. The molecule has 6 nitrogen and oxygen atoms in total. The highest BCUT2D eigenvalue weighted by Gasteiger charge is 2.78. The minimum atomic E-state index is -1.18. The molecule has 0 unspecified atom stereocenters. The van der Waals surface area contributed by atoms with Gasteiger partial charge in [-0.25, -0.2) is 0 Å². The molecular formula is C22H28N2O4. The van der Waals surface area contributed by atoms with Crippen molar-refractivity contribution in [2.24, 2.45) is 16.2 Å². The third kappa shape index (κ3) is 2.17. The Labute approximate surface area is 165 Å². The first-order chi connectivity index (χ1) is 13.2. The summed E-state index contributed by atoms with van der Waals surface area (Å²) in [6.07, 6.45) is 1.10. The number of carbonyl (C=O) groups is 3. The second-order valence-electron chi connectivity index (χ2n) is 9.00. The second kappa shape index (κ2) is 6.06. The van der Waals surface area contributed by atoms with E-state index >= 15 is 0 Å². The summed E-state index contributed by atoms with van der Waals surface area (Å²) >= 11 is 0. The molecule has 2 saturated carbocycles. The van der Waals surface area contributed by atoms with Crippen LogP contribution < -0.4 is 9.64 Å². The van der Waals surface area contributed by atoms with Crippen LogP contribution in [-0.2, 0) is 14.4 Å². The highest BCUT2D eigenvalue weighted by Crippen LogP contribution is 2.69. The van der Waals surface area contributed by atoms with Gasteiger partial charge < -0.3 is 14.5 Å². The summed E-state index contributed by atoms with van der Waals surface area (Å²) < 4.78 is 5.20. The zero-order valence-corrected chi connectivity index (χ0v) is 17.1. The minimum absolute atomic E-state index is 0.147. The molecule has 1 aliphatic heterocycles. The van der Waals surface area contributed by atoms with Gasteiger partial charge in [0.25, 0.3) is 0 Å². The van der Waals surface area contributed by atoms with Crippen LogP contribution in [0.25, 0.3) is 0 Å². The van der Waals surface area contributed by atoms with Crippen LogP contribution in [0.4, 0.5) is 5.69 Å². The van der Waals surface area contributed by atoms with Crippen LogP contribution in [-0.4, -0.2) is 55.7 Å². The Morgan fingerprint density at radius 2 is 1.54 bits per heavy atom. The fourth-order valence-corrected chi connectivity index (χ4v) is 5.47. The van der Waals surface area contributed by atoms with Crippen LogP contribution >= 0.6 is 0 Å². The van der Waals surface area contributed by atoms with Crippen LogP contribution in [0.15, 0.2) is 24.3 Å². The first-order valence-electron chi connectivity index (χ1n) is 9.97. The van der Waals surface area contributed by atoms with E-state index in [1.54, 1.807) is 12.0 Å². The number of fused-ring (bicyclic) bond motifs is 2. The van der Waals surface area contributed by atoms with Crippen molar-refractivity contribution in [3.63, 3.8) is 0 Å². The van der Waals surface area contributed by atoms with E-state index < -0.39 is 22.0 Å². The van der Waals surface area contributed by atoms with E-state index in [1.165, 1.54) is 0 Å². The third-order valence-electron chi connectivity index (χ3n) is 7.91. The lowest BCUT2D eigenvalue weighted by molar-refractivity contribution is -0.155. The predicted molar refractivity (Wildman–Crippen MR) is 105 cm³/mol. The molecule has 3 fully saturated rings. The molecule has 2 atom stereocenters. The van der Waals surface area contributed by atoms with E-state index in [1.807, 2.05) is 45.0 Å². The Morgan fingerprint density at radius 1 is 0.929 bits per heavy atom. The maximum Gasteiger partial charge on any atom is 0.237 e. The van der Waals surface area contributed by atoms with Gasteiger partial charge in [0.1, 0.15) is 11.2 Å². The number of ether oxygens (including phenoxy) is 1. The maximum absolute atomic E-state index is 13.5. The molecule has 0 N–H and O–H groups in total. The van der Waals surface area contributed by atoms with E-state index in [-0.39, 0.29) is 11.7 Å². The summed E-state index contributed by atoms with van der Waals surface area (Å²) in [6, 6.07) is 7.88. The molecule has 28 heavy (non-hydrogen) atoms. The van der Waals surface area contributed by atoms with Crippen molar-refractivity contribution in [2.45, 2.75) is 33.6 Å². The second-order valence-corrected chi connectivity index (χ2v) is 9.00. The van der Waals surface area contributed by atoms with Crippen molar-refractivity contribution in [1.29, 1.82) is 0 Å². The lowest BCUT2D eigenvalue weighted by Crippen LogP contribution is -2.57. The Morgan fingerprint density at radius 3 is 2.04 bits per heavy atom. The lowest BCUT2D eigenvalue weighted by Gasteiger charge is -2.43. The molecule has 1 amide bonds. The van der Waals surface area contributed by atoms with Crippen LogP contribution in [0.3, 0.4) is 0 Å². The summed E-state index contributed by atoms with van der Waals surface area (Å²) in [6.45, 7) is 8.23. The van der Waals surface area contributed by atoms with E-state index in [0.29, 0.717) is 39.0 Å². The first kappa shape index (κ1) is 19.0. The molecule has 4 rings (SSSR count). The van der Waals surface area contributed by atoms with Gasteiger partial charge in [0.2, 0.25) is 17.5 Å². The number of hydrogen-bond acceptors (Lipinski definition) is 5. The molecule has 2 aliphatic carbocycles. The number of methoxy groups -OCH3 is 1. The molecule has 1 aromatic rings. The number of amides is 1. The van der Waals surface area contributed by atoms with Crippen LogP contribution in [0, 0.1) is 16.2 Å². The fourth-order valence-electron chi connectivity index (χ4n) is 5.47. The van der Waals surface area contributed by atoms with Gasteiger partial charge in [-0.1, -0.05) is 20.8 Å². The van der Waals surface area contributed by atoms with Gasteiger partial charge in [-0.15, -0.1) is 0 Å². The predicted octanol–water partition coefficient (Wildman–Crippen LogP) is 2.31. The number of hydrogen-bond donors (Lipinski definition) is 0. The number of nitrogens with zero attached hydrogens (tertiary/aromatic N) is 2. The molecule has 0 aromatic heterocycles. The average Bonchev–Trinajstić information content (AvgIpc) is 2.99. The number of Topliss-reactive ketones (excluding diaryl/α,β-unsaturated/α-hetero) is 2. The van der Waals surface area contributed by atoms with E-state index in [2.05, 4.69) is 4.90 Å². The third-order valence-corrected chi connectivity index (χ3v) is 7.91. The van der Waals surface area contributed by atoms with Crippen molar-refractivity contribution < 1.29 is 19.1 Å². The number of benzene rings is 1. The van der Waals surface area contributed by atoms with Crippen molar-refractivity contribution in [1.82, 2.24) is 4.90 Å². The van der Waals surface area contributed by atoms with Crippen LogP contribution in [0.2, 0.25) is 0 Å².